The first-order chi connectivity index (χ1) is 14.5. The van der Waals surface area contributed by atoms with Gasteiger partial charge >= 0.3 is 5.97 Å². The van der Waals surface area contributed by atoms with E-state index >= 15 is 0 Å². The smallest absolute Gasteiger partial charge is 0.313 e. The molecule has 0 radical (unpaired) electrons. The molecule has 0 saturated heterocycles. The molecule has 0 bridgehead atoms. The second-order valence-corrected chi connectivity index (χ2v) is 7.32. The van der Waals surface area contributed by atoms with Gasteiger partial charge in [0, 0.05) is 5.56 Å². The minimum absolute atomic E-state index is 0.0921. The molecule has 0 fully saturated rings. The molecule has 3 rings (SSSR count). The minimum Gasteiger partial charge on any atom is -0.460 e. The molecule has 3 aromatic carbocycles. The Labute approximate surface area is 176 Å². The van der Waals surface area contributed by atoms with E-state index in [2.05, 4.69) is 0 Å². The fourth-order valence-electron chi connectivity index (χ4n) is 2.96. The van der Waals surface area contributed by atoms with E-state index in [-0.39, 0.29) is 12.5 Å². The van der Waals surface area contributed by atoms with E-state index in [9.17, 15) is 9.18 Å². The van der Waals surface area contributed by atoms with Crippen molar-refractivity contribution in [3.05, 3.63) is 102 Å². The summed E-state index contributed by atoms with van der Waals surface area (Å²) >= 11 is 0. The number of hydrogen-bond donors (Lipinski definition) is 0. The van der Waals surface area contributed by atoms with Gasteiger partial charge in [0.1, 0.15) is 23.9 Å². The van der Waals surface area contributed by atoms with Crippen LogP contribution in [0.2, 0.25) is 0 Å². The number of carbonyl (C=O) groups is 1. The van der Waals surface area contributed by atoms with E-state index in [0.29, 0.717) is 11.3 Å². The molecule has 0 heterocycles. The predicted octanol–water partition coefficient (Wildman–Crippen LogP) is 6.80. The van der Waals surface area contributed by atoms with E-state index in [1.807, 2.05) is 74.5 Å². The summed E-state index contributed by atoms with van der Waals surface area (Å²) in [6.07, 6.45) is 1.34. The van der Waals surface area contributed by atoms with Crippen LogP contribution in [0.4, 0.5) is 4.39 Å². The summed E-state index contributed by atoms with van der Waals surface area (Å²) in [5.74, 6) is -0.262. The molecular formula is C26H25FO3. The van der Waals surface area contributed by atoms with Gasteiger partial charge in [-0.1, -0.05) is 74.5 Å². The molecule has 154 valence electrons. The van der Waals surface area contributed by atoms with Crippen molar-refractivity contribution in [3.8, 4) is 11.5 Å². The van der Waals surface area contributed by atoms with Gasteiger partial charge in [0.15, 0.2) is 0 Å². The summed E-state index contributed by atoms with van der Waals surface area (Å²) in [6, 6.07) is 25.5. The molecule has 0 aliphatic carbocycles. The third-order valence-electron chi connectivity index (χ3n) is 4.62. The molecule has 4 heteroatoms. The number of carbonyl (C=O) groups excluding carboxylic acids is 1. The van der Waals surface area contributed by atoms with Gasteiger partial charge < -0.3 is 9.47 Å². The first-order valence-corrected chi connectivity index (χ1v) is 9.94. The number of hydrogen-bond acceptors (Lipinski definition) is 3. The van der Waals surface area contributed by atoms with Crippen molar-refractivity contribution in [1.82, 2.24) is 0 Å². The van der Waals surface area contributed by atoms with Crippen molar-refractivity contribution < 1.29 is 18.7 Å². The monoisotopic (exact) mass is 404 g/mol. The normalized spacial score (nSPS) is 12.5. The first-order valence-electron chi connectivity index (χ1n) is 9.94. The Hall–Kier alpha value is -3.40. The lowest BCUT2D eigenvalue weighted by Crippen LogP contribution is -2.21. The van der Waals surface area contributed by atoms with Gasteiger partial charge in [-0.3, -0.25) is 4.79 Å². The maximum atomic E-state index is 14.6. The molecular weight excluding hydrogens is 379 g/mol. The lowest BCUT2D eigenvalue weighted by Gasteiger charge is -2.17. The predicted molar refractivity (Wildman–Crippen MR) is 117 cm³/mol. The Bertz CT molecular complexity index is 981. The zero-order valence-electron chi connectivity index (χ0n) is 17.1. The molecule has 1 atom stereocenters. The van der Waals surface area contributed by atoms with Crippen LogP contribution in [0.1, 0.15) is 25.0 Å². The first kappa shape index (κ1) is 21.3. The van der Waals surface area contributed by atoms with Crippen LogP contribution < -0.4 is 4.74 Å². The quantitative estimate of drug-likeness (QED) is 0.387. The van der Waals surface area contributed by atoms with Crippen LogP contribution in [-0.4, -0.2) is 5.97 Å². The van der Waals surface area contributed by atoms with E-state index < -0.39 is 17.7 Å². The van der Waals surface area contributed by atoms with Gasteiger partial charge in [-0.2, -0.15) is 0 Å². The number of benzene rings is 3. The minimum atomic E-state index is -0.672. The summed E-state index contributed by atoms with van der Waals surface area (Å²) in [4.78, 5) is 12.6. The number of para-hydroxylation sites is 1. The van der Waals surface area contributed by atoms with E-state index in [1.165, 1.54) is 6.08 Å². The van der Waals surface area contributed by atoms with Crippen molar-refractivity contribution in [2.24, 2.45) is 11.8 Å². The standard InChI is InChI=1S/C26H25FO3/c1-19(2)24(17-25(27)21-11-5-3-6-12-21)26(28)29-18-20-10-9-15-23(16-20)30-22-13-7-4-8-14-22/h3-17,19,24H,18H2,1-2H3/b25-17+. The van der Waals surface area contributed by atoms with Crippen LogP contribution >= 0.6 is 0 Å². The Kier molecular flexibility index (Phi) is 7.39. The van der Waals surface area contributed by atoms with Crippen molar-refractivity contribution in [3.63, 3.8) is 0 Å². The molecule has 0 N–H and O–H groups in total. The fraction of sp³-hybridized carbons (Fsp3) is 0.192. The van der Waals surface area contributed by atoms with Gasteiger partial charge in [-0.05, 0) is 41.8 Å². The average Bonchev–Trinajstić information content (AvgIpc) is 2.77. The highest BCUT2D eigenvalue weighted by atomic mass is 19.1. The van der Waals surface area contributed by atoms with Gasteiger partial charge in [0.05, 0.1) is 5.92 Å². The Morgan fingerprint density at radius 3 is 2.20 bits per heavy atom. The fourth-order valence-corrected chi connectivity index (χ4v) is 2.96. The molecule has 30 heavy (non-hydrogen) atoms. The second-order valence-electron chi connectivity index (χ2n) is 7.32. The Morgan fingerprint density at radius 1 is 0.900 bits per heavy atom. The van der Waals surface area contributed by atoms with Crippen molar-refractivity contribution in [2.75, 3.05) is 0 Å². The maximum absolute atomic E-state index is 14.6. The van der Waals surface area contributed by atoms with Crippen LogP contribution in [-0.2, 0) is 16.1 Å². The molecule has 0 aliphatic rings. The highest BCUT2D eigenvalue weighted by Crippen LogP contribution is 2.25. The summed E-state index contributed by atoms with van der Waals surface area (Å²) in [7, 11) is 0. The molecule has 0 amide bonds. The Balaban J connectivity index is 1.65. The lowest BCUT2D eigenvalue weighted by atomic mass is 9.94. The molecule has 0 saturated carbocycles. The van der Waals surface area contributed by atoms with Crippen LogP contribution in [0.25, 0.3) is 5.83 Å². The van der Waals surface area contributed by atoms with Crippen LogP contribution in [0.3, 0.4) is 0 Å². The highest BCUT2D eigenvalue weighted by Gasteiger charge is 2.23. The summed E-state index contributed by atoms with van der Waals surface area (Å²) < 4.78 is 25.9. The number of halogens is 1. The van der Waals surface area contributed by atoms with Crippen molar-refractivity contribution >= 4 is 11.8 Å². The van der Waals surface area contributed by atoms with Crippen LogP contribution in [0.15, 0.2) is 91.0 Å². The largest absolute Gasteiger partial charge is 0.460 e. The van der Waals surface area contributed by atoms with Gasteiger partial charge in [0.25, 0.3) is 0 Å². The second kappa shape index (κ2) is 10.4. The molecule has 1 unspecified atom stereocenters. The van der Waals surface area contributed by atoms with E-state index in [0.717, 1.165) is 11.3 Å². The molecule has 3 nitrogen and oxygen atoms in total. The summed E-state index contributed by atoms with van der Waals surface area (Å²) in [5.41, 5.74) is 1.24. The van der Waals surface area contributed by atoms with Crippen molar-refractivity contribution in [1.29, 1.82) is 0 Å². The summed E-state index contributed by atoms with van der Waals surface area (Å²) in [5, 5.41) is 0. The number of rotatable bonds is 8. The van der Waals surface area contributed by atoms with E-state index in [1.54, 1.807) is 24.3 Å². The maximum Gasteiger partial charge on any atom is 0.313 e. The topological polar surface area (TPSA) is 35.5 Å². The van der Waals surface area contributed by atoms with Crippen LogP contribution in [0, 0.1) is 11.8 Å². The third-order valence-corrected chi connectivity index (χ3v) is 4.62. The van der Waals surface area contributed by atoms with E-state index in [4.69, 9.17) is 9.47 Å². The molecule has 0 aromatic heterocycles. The van der Waals surface area contributed by atoms with Crippen molar-refractivity contribution in [2.45, 2.75) is 20.5 Å². The molecule has 3 aromatic rings. The summed E-state index contributed by atoms with van der Waals surface area (Å²) in [6.45, 7) is 3.83. The lowest BCUT2D eigenvalue weighted by molar-refractivity contribution is -0.149. The molecule has 0 spiro atoms. The van der Waals surface area contributed by atoms with Crippen LogP contribution in [0.5, 0.6) is 11.5 Å². The average molecular weight is 404 g/mol. The van der Waals surface area contributed by atoms with Gasteiger partial charge in [0.2, 0.25) is 0 Å². The third kappa shape index (κ3) is 6.05. The zero-order chi connectivity index (χ0) is 21.3. The zero-order valence-corrected chi connectivity index (χ0v) is 17.1. The number of ether oxygens (including phenoxy) is 2. The van der Waals surface area contributed by atoms with Gasteiger partial charge in [-0.25, -0.2) is 4.39 Å². The molecule has 0 aliphatic heterocycles. The number of esters is 1. The highest BCUT2D eigenvalue weighted by molar-refractivity contribution is 5.77. The van der Waals surface area contributed by atoms with Gasteiger partial charge in [-0.15, -0.1) is 0 Å². The Morgan fingerprint density at radius 2 is 1.53 bits per heavy atom. The SMILES string of the molecule is CC(C)C(/C=C(/F)c1ccccc1)C(=O)OCc1cccc(Oc2ccccc2)c1.